The maximum absolute atomic E-state index is 11.5. The third kappa shape index (κ3) is 62.4. The average Bonchev–Trinajstić information content (AvgIpc) is 1.14. The summed E-state index contributed by atoms with van der Waals surface area (Å²) in [5.41, 5.74) is 3.40. The van der Waals surface area contributed by atoms with Gasteiger partial charge in [0.25, 0.3) is 0 Å². The van der Waals surface area contributed by atoms with Crippen LogP contribution in [0.4, 0.5) is 26.3 Å². The Kier molecular flexibility index (Phi) is 47.2. The molecule has 2 unspecified atom stereocenters. The van der Waals surface area contributed by atoms with Gasteiger partial charge in [-0.2, -0.15) is 26.3 Å². The molecule has 3 spiro atoms. The summed E-state index contributed by atoms with van der Waals surface area (Å²) in [6.07, 6.45) is 38.9. The molecule has 0 radical (unpaired) electrons. The fourth-order valence-electron chi connectivity index (χ4n) is 12.7. The van der Waals surface area contributed by atoms with E-state index in [4.69, 9.17) is 9.60 Å². The highest BCUT2D eigenvalue weighted by Gasteiger charge is 2.40. The van der Waals surface area contributed by atoms with Crippen molar-refractivity contribution in [1.29, 1.82) is 0 Å². The first kappa shape index (κ1) is 82.0. The monoisotopic (exact) mass is 1300 g/mol. The lowest BCUT2D eigenvalue weighted by atomic mass is 9.59. The largest absolute Gasteiger partial charge is 0.389 e. The van der Waals surface area contributed by atoms with Crippen LogP contribution in [-0.4, -0.2) is 12.4 Å². The van der Waals surface area contributed by atoms with Gasteiger partial charge in [-0.1, -0.05) is 341 Å². The van der Waals surface area contributed by atoms with E-state index < -0.39 is 37.9 Å². The Balaban J connectivity index is -0.000000495. The molecule has 0 aromatic rings. The summed E-state index contributed by atoms with van der Waals surface area (Å²) in [6, 6.07) is 0. The lowest BCUT2D eigenvalue weighted by Crippen LogP contribution is -2.34. The minimum Gasteiger partial charge on any atom is -0.171 e. The Morgan fingerprint density at radius 2 is 0.611 bits per heavy atom. The molecule has 0 aliphatic heterocycles. The third-order valence-electron chi connectivity index (χ3n) is 20.3. The van der Waals surface area contributed by atoms with Gasteiger partial charge in [-0.3, -0.25) is 0 Å². The van der Waals surface area contributed by atoms with Crippen LogP contribution in [0.2, 0.25) is 0 Å². The molecule has 90 heavy (non-hydrogen) atoms. The lowest BCUT2D eigenvalue weighted by molar-refractivity contribution is -0.144. The normalized spacial score (nSPS) is 24.4. The van der Waals surface area contributed by atoms with E-state index in [1.54, 1.807) is 92.9 Å². The van der Waals surface area contributed by atoms with Gasteiger partial charge in [0.15, 0.2) is 0 Å². The molecule has 0 nitrogen and oxygen atoms in total. The standard InChI is InChI=1S/C14H26.C12H22.C11H20.C7H14.2C6H11F3.C6H12.C6H14.2C5H12.C4H10.C2H6/c1-12-4-6-14(7-5-12)10-8-13(2,3)9-11-14;1-11-5-9-12(10-6-11)7-3-2-4-8-12;1-10-4-8-11(9-5-10)6-2-3-7-11;1-7-5-3-2-4-6-7;2*1-3-5(2)4-6(7,8)9;1-6-4-2-3-5-6;1-5-6(2,3)4;1-5(2,3)4;1-4-5(2)3;1-4(2)3;1-2/h12H,4-11H2,1-3H3;11H,2-10H2,1H3;10H,2-9H2,1H3;7H,2-6H2,1H3;2*5H,3-4H2,1-2H3;6H,2-5H2,1H3;5H2,1-4H3;1-4H3;5H,4H2,1-3H3;4H,1-3H3;1-2H3/i;;;7D;;;6D;5D2;;4D2;4D;. The predicted octanol–water partition coefficient (Wildman–Crippen LogP) is 32.7. The molecule has 8 saturated carbocycles. The minimum atomic E-state index is -3.98. The summed E-state index contributed by atoms with van der Waals surface area (Å²) in [4.78, 5) is 0. The Morgan fingerprint density at radius 1 is 0.400 bits per heavy atom. The van der Waals surface area contributed by atoms with Crippen LogP contribution < -0.4 is 0 Å². The fourth-order valence-corrected chi connectivity index (χ4v) is 12.7. The van der Waals surface area contributed by atoms with Gasteiger partial charge in [-0.15, -0.1) is 0 Å². The highest BCUT2D eigenvalue weighted by molar-refractivity contribution is 4.92. The summed E-state index contributed by atoms with van der Waals surface area (Å²) < 4.78 is 120. The maximum Gasteiger partial charge on any atom is 0.389 e. The molecule has 0 bridgehead atoms. The SMILES string of the molecule is CC.CC(C)(C)C.CC1CCC2(CC1)CCC(C)(C)CC2.CC1CCC2(CCCC2)CC1.CC1CCC2(CCCCC2)CC1.CCC(C)CC(F)(F)F.CCC(C)CC(F)(F)F.[2H]C(C)(C)C.[2H]C([2H])(C)C(C)(C)C.[2H]C([2H])(C)C(C)C.[2H]C1(C)CCCC1.[2H]C1(C)CCCCC1. The number of hydrogen-bond donors (Lipinski definition) is 0. The highest BCUT2D eigenvalue weighted by atomic mass is 19.4. The predicted molar refractivity (Wildman–Crippen MR) is 396 cm³/mol. The first-order valence-corrected chi connectivity index (χ1v) is 38.3. The second-order valence-electron chi connectivity index (χ2n) is 34.8. The van der Waals surface area contributed by atoms with Crippen molar-refractivity contribution in [1.82, 2.24) is 0 Å². The Morgan fingerprint density at radius 3 is 0.789 bits per heavy atom. The number of hydrogen-bond acceptors (Lipinski definition) is 0. The highest BCUT2D eigenvalue weighted by Crippen LogP contribution is 2.54. The molecule has 0 aromatic carbocycles. The smallest absolute Gasteiger partial charge is 0.171 e. The number of alkyl halides is 6. The Labute approximate surface area is 575 Å². The van der Waals surface area contributed by atoms with E-state index in [1.165, 1.54) is 141 Å². The molecule has 0 amide bonds. The van der Waals surface area contributed by atoms with Crippen molar-refractivity contribution in [2.45, 2.75) is 456 Å². The minimum absolute atomic E-state index is 0.0556. The van der Waals surface area contributed by atoms with Gasteiger partial charge in [0.05, 0.1) is 0 Å². The molecule has 0 aromatic heterocycles. The van der Waals surface area contributed by atoms with Gasteiger partial charge < -0.3 is 0 Å². The molecule has 0 heterocycles. The molecule has 8 aliphatic rings. The van der Waals surface area contributed by atoms with Crippen molar-refractivity contribution < 1.29 is 35.9 Å². The van der Waals surface area contributed by atoms with Crippen LogP contribution in [0, 0.1) is 85.7 Å². The van der Waals surface area contributed by atoms with Gasteiger partial charge in [-0.25, -0.2) is 0 Å². The Bertz CT molecular complexity index is 1750. The van der Waals surface area contributed by atoms with Gasteiger partial charge in [0, 0.05) is 22.4 Å². The molecule has 2 atom stereocenters. The molecule has 8 rings (SSSR count). The summed E-state index contributed by atoms with van der Waals surface area (Å²) in [5, 5.41) is 0. The van der Waals surface area contributed by atoms with E-state index in [0.717, 1.165) is 59.7 Å². The van der Waals surface area contributed by atoms with Gasteiger partial charge >= 0.3 is 12.4 Å². The van der Waals surface area contributed by atoms with Crippen molar-refractivity contribution in [3.05, 3.63) is 0 Å². The summed E-state index contributed by atoms with van der Waals surface area (Å²) in [6.45, 7) is 53.9. The van der Waals surface area contributed by atoms with Crippen LogP contribution in [0.15, 0.2) is 0 Å². The van der Waals surface area contributed by atoms with E-state index in [2.05, 4.69) is 62.3 Å². The summed E-state index contributed by atoms with van der Waals surface area (Å²) in [5.74, 6) is 2.36. The molecule has 0 saturated heterocycles. The number of rotatable bonds is 5. The van der Waals surface area contributed by atoms with E-state index in [0.29, 0.717) is 23.7 Å². The van der Waals surface area contributed by atoms with Crippen LogP contribution >= 0.6 is 0 Å². The second kappa shape index (κ2) is 51.8. The second-order valence-corrected chi connectivity index (χ2v) is 34.8. The summed E-state index contributed by atoms with van der Waals surface area (Å²) >= 11 is 0. The van der Waals surface area contributed by atoms with Crippen molar-refractivity contribution in [2.24, 2.45) is 85.7 Å². The van der Waals surface area contributed by atoms with E-state index in [-0.39, 0.29) is 40.9 Å². The van der Waals surface area contributed by atoms with Crippen LogP contribution in [0.25, 0.3) is 0 Å². The molecular formula is C84H170F6. The van der Waals surface area contributed by atoms with Crippen molar-refractivity contribution >= 4 is 0 Å². The Hall–Kier alpha value is -0.420. The first-order chi connectivity index (χ1) is 43.6. The first-order valence-electron chi connectivity index (χ1n) is 41.8. The molecule has 8 aliphatic carbocycles. The van der Waals surface area contributed by atoms with Crippen molar-refractivity contribution in [2.75, 3.05) is 0 Å². The molecular weight excluding hydrogens is 1120 g/mol. The van der Waals surface area contributed by atoms with E-state index in [9.17, 15) is 26.3 Å². The zero-order valence-electron chi connectivity index (χ0n) is 73.1. The van der Waals surface area contributed by atoms with Gasteiger partial charge in [0.2, 0.25) is 0 Å². The topological polar surface area (TPSA) is 0 Å². The zero-order valence-corrected chi connectivity index (χ0v) is 66.1. The van der Waals surface area contributed by atoms with Crippen LogP contribution in [-0.2, 0) is 0 Å². The van der Waals surface area contributed by atoms with E-state index in [1.807, 2.05) is 83.1 Å². The molecule has 0 N–H and O–H groups in total. The maximum atomic E-state index is 11.5. The average molecular weight is 1300 g/mol. The molecule has 8 fully saturated rings. The lowest BCUT2D eigenvalue weighted by Gasteiger charge is -2.47. The van der Waals surface area contributed by atoms with Crippen molar-refractivity contribution in [3.8, 4) is 0 Å². The van der Waals surface area contributed by atoms with Crippen LogP contribution in [0.1, 0.15) is 453 Å². The van der Waals surface area contributed by atoms with E-state index >= 15 is 0 Å². The van der Waals surface area contributed by atoms with Crippen LogP contribution in [0.3, 0.4) is 0 Å². The van der Waals surface area contributed by atoms with Crippen molar-refractivity contribution in [3.63, 3.8) is 0 Å². The fraction of sp³-hybridized carbons (Fsp3) is 1.00. The zero-order chi connectivity index (χ0) is 76.8. The van der Waals surface area contributed by atoms with Crippen LogP contribution in [0.5, 0.6) is 0 Å². The number of halogens is 6. The third-order valence-corrected chi connectivity index (χ3v) is 20.3. The molecule has 548 valence electrons. The van der Waals surface area contributed by atoms with Gasteiger partial charge in [0.1, 0.15) is 0 Å². The quantitative estimate of drug-likeness (QED) is 0.241. The van der Waals surface area contributed by atoms with Gasteiger partial charge in [-0.05, 0) is 176 Å². The molecule has 6 heteroatoms. The summed E-state index contributed by atoms with van der Waals surface area (Å²) in [7, 11) is 0.